The van der Waals surface area contributed by atoms with E-state index in [2.05, 4.69) is 24.5 Å². The van der Waals surface area contributed by atoms with Gasteiger partial charge in [0.1, 0.15) is 0 Å². The van der Waals surface area contributed by atoms with Crippen molar-refractivity contribution in [2.45, 2.75) is 45.3 Å². The predicted molar refractivity (Wildman–Crippen MR) is 69.2 cm³/mol. The van der Waals surface area contributed by atoms with Gasteiger partial charge in [0.15, 0.2) is 0 Å². The van der Waals surface area contributed by atoms with Gasteiger partial charge in [-0.25, -0.2) is 0 Å². The van der Waals surface area contributed by atoms with Gasteiger partial charge in [0.05, 0.1) is 6.10 Å². The third-order valence-corrected chi connectivity index (χ3v) is 5.11. The first kappa shape index (κ1) is 12.4. The lowest BCUT2D eigenvalue weighted by atomic mass is 9.57. The maximum absolute atomic E-state index is 12.3. The van der Waals surface area contributed by atoms with E-state index in [1.807, 2.05) is 0 Å². The van der Waals surface area contributed by atoms with Crippen LogP contribution in [0, 0.1) is 17.3 Å². The maximum Gasteiger partial charge on any atom is 0.223 e. The van der Waals surface area contributed by atoms with Crippen LogP contribution in [0.5, 0.6) is 0 Å². The zero-order chi connectivity index (χ0) is 12.8. The fourth-order valence-electron chi connectivity index (χ4n) is 3.97. The Bertz CT molecular complexity index is 337. The highest BCUT2D eigenvalue weighted by atomic mass is 16.5. The molecule has 0 unspecified atom stereocenters. The molecule has 1 saturated carbocycles. The fourth-order valence-corrected chi connectivity index (χ4v) is 3.97. The molecule has 0 aromatic rings. The zero-order valence-electron chi connectivity index (χ0n) is 11.4. The number of nitrogens with one attached hydrogen (secondary N) is 2. The van der Waals surface area contributed by atoms with Crippen molar-refractivity contribution in [1.82, 2.24) is 10.6 Å². The second-order valence-electron chi connectivity index (χ2n) is 6.58. The van der Waals surface area contributed by atoms with Crippen molar-refractivity contribution in [2.24, 2.45) is 17.3 Å². The first-order valence-corrected chi connectivity index (χ1v) is 7.23. The van der Waals surface area contributed by atoms with Crippen molar-refractivity contribution in [1.29, 1.82) is 0 Å². The van der Waals surface area contributed by atoms with E-state index in [4.69, 9.17) is 4.74 Å². The van der Waals surface area contributed by atoms with Crippen molar-refractivity contribution >= 4 is 5.91 Å². The van der Waals surface area contributed by atoms with E-state index in [0.29, 0.717) is 18.1 Å². The van der Waals surface area contributed by atoms with Gasteiger partial charge in [0.2, 0.25) is 5.91 Å². The third-order valence-electron chi connectivity index (χ3n) is 5.11. The lowest BCUT2D eigenvalue weighted by Crippen LogP contribution is -2.67. The van der Waals surface area contributed by atoms with E-state index >= 15 is 0 Å². The average Bonchev–Trinajstić information content (AvgIpc) is 2.83. The first-order chi connectivity index (χ1) is 8.60. The summed E-state index contributed by atoms with van der Waals surface area (Å²) in [5, 5.41) is 6.61. The van der Waals surface area contributed by atoms with Gasteiger partial charge in [-0.3, -0.25) is 4.79 Å². The molecule has 0 bridgehead atoms. The minimum Gasteiger partial charge on any atom is -0.377 e. The number of amides is 1. The molecule has 2 N–H and O–H groups in total. The summed E-state index contributed by atoms with van der Waals surface area (Å²) in [6.07, 6.45) is 3.41. The van der Waals surface area contributed by atoms with Gasteiger partial charge in [-0.1, -0.05) is 13.8 Å². The van der Waals surface area contributed by atoms with Crippen LogP contribution in [0.25, 0.3) is 0 Å². The lowest BCUT2D eigenvalue weighted by molar-refractivity contribution is -0.141. The van der Waals surface area contributed by atoms with Gasteiger partial charge in [0, 0.05) is 29.9 Å². The molecule has 2 saturated heterocycles. The quantitative estimate of drug-likeness (QED) is 0.768. The van der Waals surface area contributed by atoms with Crippen molar-refractivity contribution in [3.8, 4) is 0 Å². The summed E-state index contributed by atoms with van der Waals surface area (Å²) in [4.78, 5) is 12.3. The van der Waals surface area contributed by atoms with Crippen LogP contribution in [0.1, 0.15) is 33.1 Å². The molecular formula is C14H24N2O2. The molecule has 102 valence electrons. The second kappa shape index (κ2) is 4.49. The highest BCUT2D eigenvalue weighted by molar-refractivity contribution is 5.79. The van der Waals surface area contributed by atoms with Gasteiger partial charge in [-0.15, -0.1) is 0 Å². The van der Waals surface area contributed by atoms with Crippen LogP contribution < -0.4 is 10.6 Å². The van der Waals surface area contributed by atoms with Crippen molar-refractivity contribution in [3.05, 3.63) is 0 Å². The van der Waals surface area contributed by atoms with Gasteiger partial charge >= 0.3 is 0 Å². The largest absolute Gasteiger partial charge is 0.377 e. The number of carbonyl (C=O) groups excluding carboxylic acids is 1. The molecule has 3 aliphatic rings. The van der Waals surface area contributed by atoms with E-state index in [0.717, 1.165) is 39.0 Å². The van der Waals surface area contributed by atoms with Crippen LogP contribution in [-0.4, -0.2) is 37.7 Å². The average molecular weight is 252 g/mol. The monoisotopic (exact) mass is 252 g/mol. The van der Waals surface area contributed by atoms with Gasteiger partial charge in [-0.2, -0.15) is 0 Å². The number of piperidine rings is 1. The Morgan fingerprint density at radius 1 is 1.28 bits per heavy atom. The molecule has 0 aromatic carbocycles. The summed E-state index contributed by atoms with van der Waals surface area (Å²) in [6, 6.07) is 0.312. The highest BCUT2D eigenvalue weighted by Crippen LogP contribution is 2.52. The molecule has 2 aliphatic heterocycles. The molecule has 4 nitrogen and oxygen atoms in total. The van der Waals surface area contributed by atoms with Crippen LogP contribution in [0.15, 0.2) is 0 Å². The summed E-state index contributed by atoms with van der Waals surface area (Å²) in [6.45, 7) is 7.24. The normalized spacial score (nSPS) is 38.9. The lowest BCUT2D eigenvalue weighted by Gasteiger charge is -2.54. The molecular weight excluding hydrogens is 228 g/mol. The molecule has 4 heteroatoms. The molecule has 3 atom stereocenters. The molecule has 1 amide bonds. The van der Waals surface area contributed by atoms with E-state index < -0.39 is 0 Å². The zero-order valence-corrected chi connectivity index (χ0v) is 11.4. The third kappa shape index (κ3) is 1.86. The summed E-state index contributed by atoms with van der Waals surface area (Å²) in [7, 11) is 0. The van der Waals surface area contributed by atoms with Crippen molar-refractivity contribution in [2.75, 3.05) is 19.7 Å². The molecule has 3 fully saturated rings. The topological polar surface area (TPSA) is 50.4 Å². The van der Waals surface area contributed by atoms with Crippen LogP contribution >= 0.6 is 0 Å². The SMILES string of the molecule is CC1(C)[C@H](NC(=O)C2CCNCC2)[C@@H]2CCO[C@@H]21. The summed E-state index contributed by atoms with van der Waals surface area (Å²) in [5.41, 5.74) is 0.101. The predicted octanol–water partition coefficient (Wildman–Crippen LogP) is 0.916. The van der Waals surface area contributed by atoms with Gasteiger partial charge < -0.3 is 15.4 Å². The van der Waals surface area contributed by atoms with Gasteiger partial charge in [0.25, 0.3) is 0 Å². The molecule has 0 radical (unpaired) electrons. The Kier molecular flexibility index (Phi) is 3.10. The molecule has 18 heavy (non-hydrogen) atoms. The van der Waals surface area contributed by atoms with Gasteiger partial charge in [-0.05, 0) is 32.4 Å². The van der Waals surface area contributed by atoms with E-state index in [9.17, 15) is 4.79 Å². The Labute approximate surface area is 109 Å². The van der Waals surface area contributed by atoms with Crippen LogP contribution in [-0.2, 0) is 9.53 Å². The maximum atomic E-state index is 12.3. The highest BCUT2D eigenvalue weighted by Gasteiger charge is 2.59. The Balaban J connectivity index is 1.60. The summed E-state index contributed by atoms with van der Waals surface area (Å²) < 4.78 is 5.76. The summed E-state index contributed by atoms with van der Waals surface area (Å²) in [5.74, 6) is 1.02. The molecule has 0 spiro atoms. The van der Waals surface area contributed by atoms with Crippen LogP contribution in [0.2, 0.25) is 0 Å². The summed E-state index contributed by atoms with van der Waals surface area (Å²) >= 11 is 0. The Hall–Kier alpha value is -0.610. The van der Waals surface area contributed by atoms with Crippen molar-refractivity contribution < 1.29 is 9.53 Å². The van der Waals surface area contributed by atoms with E-state index in [1.54, 1.807) is 0 Å². The number of fused-ring (bicyclic) bond motifs is 1. The molecule has 3 rings (SSSR count). The minimum atomic E-state index is 0.101. The van der Waals surface area contributed by atoms with E-state index in [-0.39, 0.29) is 17.2 Å². The fraction of sp³-hybridized carbons (Fsp3) is 0.929. The van der Waals surface area contributed by atoms with Crippen molar-refractivity contribution in [3.63, 3.8) is 0 Å². The number of carbonyl (C=O) groups is 1. The van der Waals surface area contributed by atoms with Crippen LogP contribution in [0.3, 0.4) is 0 Å². The van der Waals surface area contributed by atoms with E-state index in [1.165, 1.54) is 0 Å². The first-order valence-electron chi connectivity index (χ1n) is 7.23. The molecule has 0 aromatic heterocycles. The minimum absolute atomic E-state index is 0.101. The van der Waals surface area contributed by atoms with Crippen LogP contribution in [0.4, 0.5) is 0 Å². The molecule has 1 aliphatic carbocycles. The Morgan fingerprint density at radius 2 is 2.00 bits per heavy atom. The molecule has 2 heterocycles. The Morgan fingerprint density at radius 3 is 2.72 bits per heavy atom. The number of rotatable bonds is 2. The number of hydrogen-bond donors (Lipinski definition) is 2. The number of ether oxygens (including phenoxy) is 1. The second-order valence-corrected chi connectivity index (χ2v) is 6.58. The number of hydrogen-bond acceptors (Lipinski definition) is 3. The standard InChI is InChI=1S/C14H24N2O2/c1-14(2)11(10-5-8-18-12(10)14)16-13(17)9-3-6-15-7-4-9/h9-12,15H,3-8H2,1-2H3,(H,16,17)/t10-,11+,12-/m0/s1. The smallest absolute Gasteiger partial charge is 0.223 e.